The molecule has 0 aliphatic carbocycles. The maximum atomic E-state index is 15.3. The van der Waals surface area contributed by atoms with Gasteiger partial charge in [-0.15, -0.1) is 11.3 Å². The molecule has 1 atom stereocenters. The number of ether oxygens (including phenoxy) is 1. The van der Waals surface area contributed by atoms with Crippen LogP contribution in [0, 0.1) is 5.82 Å². The molecule has 0 saturated heterocycles. The van der Waals surface area contributed by atoms with Gasteiger partial charge in [-0.05, 0) is 47.8 Å². The molecule has 11 heteroatoms. The van der Waals surface area contributed by atoms with Crippen LogP contribution in [-0.4, -0.2) is 45.7 Å². The minimum Gasteiger partial charge on any atom is -0.495 e. The van der Waals surface area contributed by atoms with E-state index < -0.39 is 17.8 Å². The van der Waals surface area contributed by atoms with Gasteiger partial charge in [-0.1, -0.05) is 12.1 Å². The lowest BCUT2D eigenvalue weighted by atomic mass is 10.1. The number of anilines is 2. The zero-order valence-corrected chi connectivity index (χ0v) is 21.0. The summed E-state index contributed by atoms with van der Waals surface area (Å²) in [5.74, 6) is -1.18. The molecule has 0 radical (unpaired) electrons. The average Bonchev–Trinajstić information content (AvgIpc) is 3.37. The summed E-state index contributed by atoms with van der Waals surface area (Å²) in [5, 5.41) is 7.13. The van der Waals surface area contributed by atoms with Gasteiger partial charge in [0, 0.05) is 36.0 Å². The van der Waals surface area contributed by atoms with E-state index in [2.05, 4.69) is 20.6 Å². The Morgan fingerprint density at radius 2 is 2.03 bits per heavy atom. The highest BCUT2D eigenvalue weighted by atomic mass is 32.1. The van der Waals surface area contributed by atoms with Gasteiger partial charge in [0.25, 0.3) is 11.8 Å². The maximum Gasteiger partial charge on any atom is 0.267 e. The predicted molar refractivity (Wildman–Crippen MR) is 140 cm³/mol. The molecule has 1 aromatic carbocycles. The van der Waals surface area contributed by atoms with Crippen molar-refractivity contribution in [3.8, 4) is 5.75 Å². The van der Waals surface area contributed by atoms with Crippen LogP contribution in [0.5, 0.6) is 5.75 Å². The molecular weight excluding hydrogens is 509 g/mol. The van der Waals surface area contributed by atoms with E-state index in [4.69, 9.17) is 4.74 Å². The van der Waals surface area contributed by atoms with Crippen molar-refractivity contribution < 1.29 is 23.5 Å². The van der Waals surface area contributed by atoms with Crippen LogP contribution in [0.2, 0.25) is 0 Å². The van der Waals surface area contributed by atoms with E-state index in [1.54, 1.807) is 48.0 Å². The molecule has 1 unspecified atom stereocenters. The number of hydrogen-bond donors (Lipinski definition) is 2. The molecule has 4 aromatic rings. The second-order valence-corrected chi connectivity index (χ2v) is 9.39. The zero-order valence-electron chi connectivity index (χ0n) is 20.2. The van der Waals surface area contributed by atoms with Crippen molar-refractivity contribution >= 4 is 40.6 Å². The van der Waals surface area contributed by atoms with Crippen molar-refractivity contribution in [1.82, 2.24) is 14.9 Å². The Morgan fingerprint density at radius 1 is 1.16 bits per heavy atom. The Bertz CT molecular complexity index is 1490. The maximum absolute atomic E-state index is 15.3. The first-order chi connectivity index (χ1) is 18.4. The molecule has 3 aromatic heterocycles. The number of aromatic nitrogens is 2. The third-order valence-electron chi connectivity index (χ3n) is 6.06. The molecule has 0 fully saturated rings. The highest BCUT2D eigenvalue weighted by Crippen LogP contribution is 2.30. The van der Waals surface area contributed by atoms with Crippen molar-refractivity contribution in [2.24, 2.45) is 0 Å². The van der Waals surface area contributed by atoms with E-state index in [-0.39, 0.29) is 41.7 Å². The third-order valence-corrected chi connectivity index (χ3v) is 6.96. The molecule has 5 rings (SSSR count). The smallest absolute Gasteiger partial charge is 0.267 e. The average molecular weight is 532 g/mol. The molecule has 192 valence electrons. The standard InChI is InChI=1S/C27H22FN5O4S/c1-37-19-7-8-23(30-14-19)32-25(34)16-5-6-17(20(28)12-16)15-33-22(13-18-4-2-3-10-29-18)26(35)31-21-9-11-38-24(21)27(33)36/h2-12,14,22H,13,15H2,1H3,(H,31,35)(H,30,32,34). The number of carbonyl (C=O) groups is 3. The van der Waals surface area contributed by atoms with Gasteiger partial charge < -0.3 is 20.3 Å². The number of carbonyl (C=O) groups excluding carboxylic acids is 3. The lowest BCUT2D eigenvalue weighted by Gasteiger charge is -2.28. The lowest BCUT2D eigenvalue weighted by molar-refractivity contribution is -0.120. The molecule has 1 aliphatic rings. The van der Waals surface area contributed by atoms with Gasteiger partial charge in [-0.2, -0.15) is 0 Å². The summed E-state index contributed by atoms with van der Waals surface area (Å²) in [6, 6.07) is 13.3. The van der Waals surface area contributed by atoms with Gasteiger partial charge in [0.2, 0.25) is 5.91 Å². The Balaban J connectivity index is 1.39. The number of pyridine rings is 2. The van der Waals surface area contributed by atoms with Crippen molar-refractivity contribution in [1.29, 1.82) is 0 Å². The fourth-order valence-corrected chi connectivity index (χ4v) is 4.87. The number of halogens is 1. The minimum atomic E-state index is -0.916. The fraction of sp³-hybridized carbons (Fsp3) is 0.148. The summed E-state index contributed by atoms with van der Waals surface area (Å²) in [5.41, 5.74) is 1.29. The monoisotopic (exact) mass is 531 g/mol. The van der Waals surface area contributed by atoms with Crippen LogP contribution in [-0.2, 0) is 17.8 Å². The van der Waals surface area contributed by atoms with Crippen LogP contribution in [0.15, 0.2) is 72.4 Å². The van der Waals surface area contributed by atoms with Crippen LogP contribution < -0.4 is 15.4 Å². The lowest BCUT2D eigenvalue weighted by Crippen LogP contribution is -2.46. The summed E-state index contributed by atoms with van der Waals surface area (Å²) >= 11 is 1.20. The first kappa shape index (κ1) is 25.0. The number of benzene rings is 1. The van der Waals surface area contributed by atoms with Crippen molar-refractivity contribution in [3.05, 3.63) is 99.9 Å². The highest BCUT2D eigenvalue weighted by molar-refractivity contribution is 7.12. The Hall–Kier alpha value is -4.64. The van der Waals surface area contributed by atoms with E-state index in [1.165, 1.54) is 41.7 Å². The molecule has 4 heterocycles. The Kier molecular flexibility index (Phi) is 7.09. The van der Waals surface area contributed by atoms with E-state index >= 15 is 4.39 Å². The first-order valence-electron chi connectivity index (χ1n) is 11.6. The van der Waals surface area contributed by atoms with Crippen LogP contribution in [0.4, 0.5) is 15.9 Å². The SMILES string of the molecule is COc1ccc(NC(=O)c2ccc(CN3C(=O)c4sccc4NC(=O)C3Cc3ccccn3)c(F)c2)nc1. The van der Waals surface area contributed by atoms with Gasteiger partial charge in [-0.25, -0.2) is 9.37 Å². The quantitative estimate of drug-likeness (QED) is 0.371. The van der Waals surface area contributed by atoms with Crippen molar-refractivity contribution in [3.63, 3.8) is 0 Å². The highest BCUT2D eigenvalue weighted by Gasteiger charge is 2.37. The summed E-state index contributed by atoms with van der Waals surface area (Å²) in [6.45, 7) is -0.172. The fourth-order valence-electron chi connectivity index (χ4n) is 4.07. The number of nitrogens with zero attached hydrogens (tertiary/aromatic N) is 3. The molecule has 38 heavy (non-hydrogen) atoms. The molecule has 0 bridgehead atoms. The van der Waals surface area contributed by atoms with E-state index in [9.17, 15) is 14.4 Å². The normalized spacial score (nSPS) is 14.9. The molecule has 3 amide bonds. The molecule has 2 N–H and O–H groups in total. The van der Waals surface area contributed by atoms with Gasteiger partial charge in [0.15, 0.2) is 0 Å². The van der Waals surface area contributed by atoms with E-state index in [1.807, 2.05) is 0 Å². The summed E-state index contributed by atoms with van der Waals surface area (Å²) < 4.78 is 20.3. The Labute approximate surface area is 221 Å². The van der Waals surface area contributed by atoms with Crippen LogP contribution in [0.3, 0.4) is 0 Å². The molecule has 1 aliphatic heterocycles. The second kappa shape index (κ2) is 10.8. The van der Waals surface area contributed by atoms with Crippen molar-refractivity contribution in [2.45, 2.75) is 19.0 Å². The topological polar surface area (TPSA) is 114 Å². The van der Waals surface area contributed by atoms with Gasteiger partial charge in [0.05, 0.1) is 19.0 Å². The van der Waals surface area contributed by atoms with Crippen LogP contribution in [0.1, 0.15) is 31.3 Å². The number of hydrogen-bond acceptors (Lipinski definition) is 7. The number of nitrogens with one attached hydrogen (secondary N) is 2. The van der Waals surface area contributed by atoms with E-state index in [0.29, 0.717) is 22.0 Å². The molecule has 0 saturated carbocycles. The summed E-state index contributed by atoms with van der Waals surface area (Å²) in [6.07, 6.45) is 3.22. The van der Waals surface area contributed by atoms with Crippen LogP contribution in [0.25, 0.3) is 0 Å². The zero-order chi connectivity index (χ0) is 26.6. The van der Waals surface area contributed by atoms with Gasteiger partial charge in [-0.3, -0.25) is 19.4 Å². The molecular formula is C27H22FN5O4S. The second-order valence-electron chi connectivity index (χ2n) is 8.47. The summed E-state index contributed by atoms with van der Waals surface area (Å²) in [4.78, 5) is 49.4. The van der Waals surface area contributed by atoms with Crippen LogP contribution >= 0.6 is 11.3 Å². The Morgan fingerprint density at radius 3 is 2.74 bits per heavy atom. The van der Waals surface area contributed by atoms with Gasteiger partial charge >= 0.3 is 0 Å². The number of rotatable bonds is 7. The minimum absolute atomic E-state index is 0.0781. The molecule has 9 nitrogen and oxygen atoms in total. The number of methoxy groups -OCH3 is 1. The largest absolute Gasteiger partial charge is 0.495 e. The number of fused-ring (bicyclic) bond motifs is 1. The van der Waals surface area contributed by atoms with Crippen molar-refractivity contribution in [2.75, 3.05) is 17.7 Å². The summed E-state index contributed by atoms with van der Waals surface area (Å²) in [7, 11) is 1.51. The van der Waals surface area contributed by atoms with E-state index in [0.717, 1.165) is 6.07 Å². The predicted octanol–water partition coefficient (Wildman–Crippen LogP) is 4.14. The third kappa shape index (κ3) is 5.23. The van der Waals surface area contributed by atoms with Gasteiger partial charge in [0.1, 0.15) is 28.3 Å². The number of amides is 3. The molecule has 0 spiro atoms. The first-order valence-corrected chi connectivity index (χ1v) is 12.5. The number of thiophene rings is 1.